The number of fused-ring (bicyclic) bond motifs is 2. The zero-order chi connectivity index (χ0) is 24.2. The number of carbonyl (C=O) groups is 4. The molecule has 1 saturated heterocycles. The lowest BCUT2D eigenvalue weighted by atomic mass is 9.90. The van der Waals surface area contributed by atoms with Crippen molar-refractivity contribution >= 4 is 41.1 Å². The fourth-order valence-corrected chi connectivity index (χ4v) is 4.72. The Kier molecular flexibility index (Phi) is 5.28. The van der Waals surface area contributed by atoms with Gasteiger partial charge in [-0.25, -0.2) is 4.79 Å². The lowest BCUT2D eigenvalue weighted by Gasteiger charge is -2.27. The molecule has 2 aliphatic heterocycles. The Balaban J connectivity index is 1.83. The first kappa shape index (κ1) is 22.5. The minimum atomic E-state index is -2.05. The minimum absolute atomic E-state index is 0.163. The summed E-state index contributed by atoms with van der Waals surface area (Å²) in [6.45, 7) is 2.74. The van der Waals surface area contributed by atoms with Gasteiger partial charge in [0.05, 0.1) is 25.0 Å². The second-order valence-electron chi connectivity index (χ2n) is 7.94. The first-order valence-corrected chi connectivity index (χ1v) is 10.4. The summed E-state index contributed by atoms with van der Waals surface area (Å²) in [5.74, 6) is -2.29. The summed E-state index contributed by atoms with van der Waals surface area (Å²) in [4.78, 5) is 59.3. The number of nitrogens with zero attached hydrogens (tertiary/aromatic N) is 4. The molecule has 1 atom stereocenters. The molecule has 10 nitrogen and oxygen atoms in total. The van der Waals surface area contributed by atoms with E-state index >= 15 is 0 Å². The number of hydrogen-bond acceptors (Lipinski definition) is 6. The van der Waals surface area contributed by atoms with Crippen molar-refractivity contribution < 1.29 is 29.0 Å². The number of likely N-dealkylation sites (N-methyl/N-ethyl adjacent to an activating group) is 1. The molecule has 1 spiro atoms. The maximum Gasteiger partial charge on any atom is 0.328 e. The Labute approximate surface area is 194 Å². The smallest absolute Gasteiger partial charge is 0.328 e. The predicted molar refractivity (Wildman–Crippen MR) is 117 cm³/mol. The van der Waals surface area contributed by atoms with E-state index in [0.29, 0.717) is 17.0 Å². The quantitative estimate of drug-likeness (QED) is 0.522. The fourth-order valence-electron chi connectivity index (χ4n) is 4.55. The van der Waals surface area contributed by atoms with Crippen LogP contribution in [0.5, 0.6) is 5.75 Å². The lowest BCUT2D eigenvalue weighted by Crippen LogP contribution is -2.53. The molecule has 11 heteroatoms. The van der Waals surface area contributed by atoms with Gasteiger partial charge >= 0.3 is 12.0 Å². The first-order chi connectivity index (χ1) is 15.5. The average Bonchev–Trinajstić information content (AvgIpc) is 3.10. The van der Waals surface area contributed by atoms with Crippen molar-refractivity contribution in [2.75, 3.05) is 25.6 Å². The van der Waals surface area contributed by atoms with Gasteiger partial charge in [-0.15, -0.1) is 0 Å². The summed E-state index contributed by atoms with van der Waals surface area (Å²) >= 11 is 6.15. The van der Waals surface area contributed by atoms with Gasteiger partial charge in [-0.3, -0.25) is 29.2 Å². The van der Waals surface area contributed by atoms with Gasteiger partial charge < -0.3 is 14.7 Å². The molecule has 0 aliphatic carbocycles. The molecular weight excluding hydrogens is 452 g/mol. The van der Waals surface area contributed by atoms with Crippen LogP contribution in [0.25, 0.3) is 0 Å². The van der Waals surface area contributed by atoms with Crippen molar-refractivity contribution in [2.24, 2.45) is 0 Å². The number of halogens is 1. The normalized spacial score (nSPS) is 19.7. The zero-order valence-electron chi connectivity index (χ0n) is 18.4. The van der Waals surface area contributed by atoms with E-state index < -0.39 is 35.9 Å². The van der Waals surface area contributed by atoms with Crippen LogP contribution in [-0.2, 0) is 26.5 Å². The van der Waals surface area contributed by atoms with Gasteiger partial charge in [0, 0.05) is 35.0 Å². The van der Waals surface area contributed by atoms with Gasteiger partial charge in [0.2, 0.25) is 5.54 Å². The molecule has 0 unspecified atom stereocenters. The number of aromatic nitrogens is 1. The molecule has 0 saturated carbocycles. The summed E-state index contributed by atoms with van der Waals surface area (Å²) in [7, 11) is 2.85. The van der Waals surface area contributed by atoms with Crippen molar-refractivity contribution in [3.8, 4) is 5.75 Å². The van der Waals surface area contributed by atoms with Crippen LogP contribution in [0.3, 0.4) is 0 Å². The van der Waals surface area contributed by atoms with E-state index in [-0.39, 0.29) is 22.8 Å². The number of anilines is 1. The van der Waals surface area contributed by atoms with Crippen molar-refractivity contribution in [3.63, 3.8) is 0 Å². The standard InChI is InChI=1S/C22H21ClN4O6/c1-11-8-24-15(12(2)18(11)33-4)9-27-20(31)22(25(3)21(27)32)14-7-13(23)5-6-16(14)26(19(22)30)10-17(28)29/h5-8H,9-10H2,1-4H3,(H,28,29)/t22-/m0/s1. The van der Waals surface area contributed by atoms with Gasteiger partial charge in [0.25, 0.3) is 11.8 Å². The third kappa shape index (κ3) is 3.05. The number of aryl methyl sites for hydroxylation is 1. The Morgan fingerprint density at radius 2 is 1.85 bits per heavy atom. The number of methoxy groups -OCH3 is 1. The Hall–Kier alpha value is -3.66. The SMILES string of the molecule is COc1c(C)cnc(CN2C(=O)N(C)[C@]3(C2=O)C(=O)N(CC(=O)O)c2ccc(Cl)cc23)c1C. The molecular formula is C22H21ClN4O6. The van der Waals surface area contributed by atoms with Gasteiger partial charge in [0.15, 0.2) is 0 Å². The number of rotatable bonds is 5. The molecule has 1 aromatic heterocycles. The van der Waals surface area contributed by atoms with Gasteiger partial charge in [-0.2, -0.15) is 0 Å². The Bertz CT molecular complexity index is 1230. The highest BCUT2D eigenvalue weighted by Crippen LogP contribution is 2.49. The molecule has 4 rings (SSSR count). The van der Waals surface area contributed by atoms with Crippen LogP contribution < -0.4 is 9.64 Å². The second kappa shape index (κ2) is 7.73. The monoisotopic (exact) mass is 472 g/mol. The van der Waals surface area contributed by atoms with E-state index in [2.05, 4.69) is 4.98 Å². The average molecular weight is 473 g/mol. The van der Waals surface area contributed by atoms with E-state index in [9.17, 15) is 24.3 Å². The van der Waals surface area contributed by atoms with Crippen LogP contribution in [0.4, 0.5) is 10.5 Å². The number of aliphatic carboxylic acids is 1. The van der Waals surface area contributed by atoms with Crippen molar-refractivity contribution in [1.29, 1.82) is 0 Å². The highest BCUT2D eigenvalue weighted by atomic mass is 35.5. The van der Waals surface area contributed by atoms with Crippen LogP contribution >= 0.6 is 11.6 Å². The number of benzene rings is 1. The molecule has 0 radical (unpaired) electrons. The Morgan fingerprint density at radius 3 is 2.48 bits per heavy atom. The van der Waals surface area contributed by atoms with Crippen LogP contribution in [-0.4, -0.2) is 64.4 Å². The topological polar surface area (TPSA) is 120 Å². The van der Waals surface area contributed by atoms with Crippen molar-refractivity contribution in [1.82, 2.24) is 14.8 Å². The summed E-state index contributed by atoms with van der Waals surface area (Å²) in [6.07, 6.45) is 1.58. The van der Waals surface area contributed by atoms with E-state index in [1.165, 1.54) is 32.4 Å². The van der Waals surface area contributed by atoms with Crippen LogP contribution in [0.2, 0.25) is 5.02 Å². The molecule has 2 aromatic rings. The highest BCUT2D eigenvalue weighted by molar-refractivity contribution is 6.32. The molecule has 172 valence electrons. The van der Waals surface area contributed by atoms with Crippen molar-refractivity contribution in [3.05, 3.63) is 51.8 Å². The molecule has 1 N–H and O–H groups in total. The molecule has 1 aromatic carbocycles. The van der Waals surface area contributed by atoms with E-state index in [0.717, 1.165) is 20.3 Å². The van der Waals surface area contributed by atoms with Gasteiger partial charge in [-0.1, -0.05) is 11.6 Å². The lowest BCUT2D eigenvalue weighted by molar-refractivity contribution is -0.143. The maximum absolute atomic E-state index is 13.8. The second-order valence-corrected chi connectivity index (χ2v) is 8.37. The Morgan fingerprint density at radius 1 is 1.18 bits per heavy atom. The highest BCUT2D eigenvalue weighted by Gasteiger charge is 2.67. The van der Waals surface area contributed by atoms with Gasteiger partial charge in [-0.05, 0) is 32.0 Å². The number of pyridine rings is 1. The minimum Gasteiger partial charge on any atom is -0.496 e. The number of imide groups is 1. The van der Waals surface area contributed by atoms with Crippen LogP contribution in [0.1, 0.15) is 22.4 Å². The number of carbonyl (C=O) groups excluding carboxylic acids is 3. The number of carboxylic acids is 1. The van der Waals surface area contributed by atoms with Gasteiger partial charge in [0.1, 0.15) is 12.3 Å². The maximum atomic E-state index is 13.8. The molecule has 3 heterocycles. The molecule has 0 bridgehead atoms. The summed E-state index contributed by atoms with van der Waals surface area (Å²) in [5, 5.41) is 9.56. The molecule has 33 heavy (non-hydrogen) atoms. The summed E-state index contributed by atoms with van der Waals surface area (Å²) in [5.41, 5.74) is 0.225. The molecule has 4 amide bonds. The number of ether oxygens (including phenoxy) is 1. The van der Waals surface area contributed by atoms with E-state index in [4.69, 9.17) is 16.3 Å². The summed E-state index contributed by atoms with van der Waals surface area (Å²) < 4.78 is 5.41. The molecule has 2 aliphatic rings. The number of hydrogen-bond donors (Lipinski definition) is 1. The van der Waals surface area contributed by atoms with Crippen LogP contribution in [0, 0.1) is 13.8 Å². The number of urea groups is 1. The van der Waals surface area contributed by atoms with E-state index in [1.54, 1.807) is 13.1 Å². The van der Waals surface area contributed by atoms with E-state index in [1.807, 2.05) is 6.92 Å². The third-order valence-corrected chi connectivity index (χ3v) is 6.36. The molecule has 1 fully saturated rings. The van der Waals surface area contributed by atoms with Crippen LogP contribution in [0.15, 0.2) is 24.4 Å². The largest absolute Gasteiger partial charge is 0.496 e. The zero-order valence-corrected chi connectivity index (χ0v) is 19.1. The first-order valence-electron chi connectivity index (χ1n) is 9.98. The number of amides is 4. The van der Waals surface area contributed by atoms with Crippen molar-refractivity contribution in [2.45, 2.75) is 25.9 Å². The summed E-state index contributed by atoms with van der Waals surface area (Å²) in [6, 6.07) is 3.67. The third-order valence-electron chi connectivity index (χ3n) is 6.12. The predicted octanol–water partition coefficient (Wildman–Crippen LogP) is 2.08. The number of carboxylic acid groups (broad SMARTS) is 1. The fraction of sp³-hybridized carbons (Fsp3) is 0.318.